The van der Waals surface area contributed by atoms with Crippen LogP contribution in [0.25, 0.3) is 10.8 Å². The number of benzene rings is 2. The van der Waals surface area contributed by atoms with Crippen molar-refractivity contribution in [1.82, 2.24) is 4.90 Å². The summed E-state index contributed by atoms with van der Waals surface area (Å²) in [7, 11) is 0. The van der Waals surface area contributed by atoms with Gasteiger partial charge in [0.15, 0.2) is 0 Å². The second kappa shape index (κ2) is 9.92. The zero-order valence-corrected chi connectivity index (χ0v) is 19.0. The van der Waals surface area contributed by atoms with Gasteiger partial charge in [0.05, 0.1) is 17.9 Å². The van der Waals surface area contributed by atoms with Gasteiger partial charge in [0, 0.05) is 6.04 Å². The first-order valence-corrected chi connectivity index (χ1v) is 12.0. The molecule has 1 saturated carbocycles. The SMILES string of the molecule is CCC(c1ccc2cc(OC3CCC(C(F)(F)F)CC3)ccc2c1)N1CCC(C(=O)O)CC1. The van der Waals surface area contributed by atoms with Gasteiger partial charge in [-0.1, -0.05) is 25.1 Å². The molecule has 2 aliphatic rings. The number of nitrogens with zero attached hydrogens (tertiary/aromatic N) is 1. The third kappa shape index (κ3) is 5.62. The molecule has 0 amide bonds. The van der Waals surface area contributed by atoms with Crippen molar-refractivity contribution in [3.63, 3.8) is 0 Å². The van der Waals surface area contributed by atoms with E-state index in [9.17, 15) is 23.1 Å². The first-order chi connectivity index (χ1) is 15.7. The van der Waals surface area contributed by atoms with Gasteiger partial charge >= 0.3 is 12.1 Å². The normalized spacial score (nSPS) is 24.0. The second-order valence-electron chi connectivity index (χ2n) is 9.47. The van der Waals surface area contributed by atoms with Crippen LogP contribution in [0.3, 0.4) is 0 Å². The molecule has 0 spiro atoms. The Morgan fingerprint density at radius 2 is 1.67 bits per heavy atom. The Hall–Kier alpha value is -2.28. The number of ether oxygens (including phenoxy) is 1. The Labute approximate surface area is 192 Å². The van der Waals surface area contributed by atoms with Crippen molar-refractivity contribution in [2.75, 3.05) is 13.1 Å². The van der Waals surface area contributed by atoms with Crippen LogP contribution < -0.4 is 4.74 Å². The zero-order chi connectivity index (χ0) is 23.6. The maximum atomic E-state index is 12.9. The highest BCUT2D eigenvalue weighted by molar-refractivity contribution is 5.84. The molecule has 2 aromatic rings. The van der Waals surface area contributed by atoms with Crippen molar-refractivity contribution >= 4 is 16.7 Å². The van der Waals surface area contributed by atoms with Crippen LogP contribution in [0.4, 0.5) is 13.2 Å². The van der Waals surface area contributed by atoms with Gasteiger partial charge in [-0.15, -0.1) is 0 Å². The quantitative estimate of drug-likeness (QED) is 0.525. The molecule has 33 heavy (non-hydrogen) atoms. The van der Waals surface area contributed by atoms with E-state index in [4.69, 9.17) is 4.74 Å². The van der Waals surface area contributed by atoms with E-state index in [1.54, 1.807) is 0 Å². The van der Waals surface area contributed by atoms with Crippen molar-refractivity contribution in [2.45, 2.75) is 70.2 Å². The number of hydrogen-bond donors (Lipinski definition) is 1. The standard InChI is InChI=1S/C26H32F3NO3/c1-2-24(30-13-11-17(12-14-30)25(31)32)20-4-3-19-16-23(8-5-18(19)15-20)33-22-9-6-21(7-10-22)26(27,28)29/h3-5,8,15-17,21-22,24H,2,6-7,9-14H2,1H3,(H,31,32). The Morgan fingerprint density at radius 1 is 1.03 bits per heavy atom. The molecule has 1 saturated heterocycles. The average Bonchev–Trinajstić information content (AvgIpc) is 2.80. The lowest BCUT2D eigenvalue weighted by Crippen LogP contribution is -2.38. The summed E-state index contributed by atoms with van der Waals surface area (Å²) in [5.41, 5.74) is 1.22. The van der Waals surface area contributed by atoms with Gasteiger partial charge < -0.3 is 9.84 Å². The highest BCUT2D eigenvalue weighted by atomic mass is 19.4. The molecule has 1 aliphatic heterocycles. The number of carboxylic acid groups (broad SMARTS) is 1. The summed E-state index contributed by atoms with van der Waals surface area (Å²) < 4.78 is 44.7. The summed E-state index contributed by atoms with van der Waals surface area (Å²) >= 11 is 0. The number of alkyl halides is 3. The van der Waals surface area contributed by atoms with Crippen LogP contribution in [-0.2, 0) is 4.79 Å². The lowest BCUT2D eigenvalue weighted by Gasteiger charge is -2.36. The van der Waals surface area contributed by atoms with Gasteiger partial charge in [-0.3, -0.25) is 9.69 Å². The highest BCUT2D eigenvalue weighted by Gasteiger charge is 2.41. The fourth-order valence-electron chi connectivity index (χ4n) is 5.39. The van der Waals surface area contributed by atoms with E-state index in [0.717, 1.165) is 30.3 Å². The summed E-state index contributed by atoms with van der Waals surface area (Å²) in [6.45, 7) is 3.73. The van der Waals surface area contributed by atoms with E-state index >= 15 is 0 Å². The third-order valence-corrected chi connectivity index (χ3v) is 7.37. The van der Waals surface area contributed by atoms with Crippen LogP contribution in [0.5, 0.6) is 5.75 Å². The topological polar surface area (TPSA) is 49.8 Å². The average molecular weight is 464 g/mol. The number of rotatable bonds is 6. The van der Waals surface area contributed by atoms with E-state index in [2.05, 4.69) is 30.0 Å². The third-order valence-electron chi connectivity index (χ3n) is 7.37. The van der Waals surface area contributed by atoms with Crippen molar-refractivity contribution in [2.24, 2.45) is 11.8 Å². The number of aliphatic carboxylic acids is 1. The fourth-order valence-corrected chi connectivity index (χ4v) is 5.39. The highest BCUT2D eigenvalue weighted by Crippen LogP contribution is 2.39. The molecule has 1 aliphatic carbocycles. The van der Waals surface area contributed by atoms with Crippen LogP contribution in [0.1, 0.15) is 63.5 Å². The molecule has 0 aromatic heterocycles. The minimum atomic E-state index is -4.10. The van der Waals surface area contributed by atoms with Gasteiger partial charge in [0.25, 0.3) is 0 Å². The molecule has 1 N–H and O–H groups in total. The number of halogens is 3. The van der Waals surface area contributed by atoms with Crippen LogP contribution in [0.2, 0.25) is 0 Å². The van der Waals surface area contributed by atoms with Crippen LogP contribution in [0, 0.1) is 11.8 Å². The lowest BCUT2D eigenvalue weighted by molar-refractivity contribution is -0.185. The van der Waals surface area contributed by atoms with Crippen molar-refractivity contribution in [3.8, 4) is 5.75 Å². The predicted octanol–water partition coefficient (Wildman–Crippen LogP) is 6.59. The largest absolute Gasteiger partial charge is 0.490 e. The summed E-state index contributed by atoms with van der Waals surface area (Å²) in [5.74, 6) is -1.43. The first kappa shape index (κ1) is 23.9. The van der Waals surface area contributed by atoms with Gasteiger partial charge in [-0.25, -0.2) is 0 Å². The van der Waals surface area contributed by atoms with Gasteiger partial charge in [-0.05, 0) is 92.6 Å². The molecule has 2 aromatic carbocycles. The Bertz CT molecular complexity index is 961. The molecule has 0 bridgehead atoms. The number of piperidine rings is 1. The zero-order valence-electron chi connectivity index (χ0n) is 19.0. The summed E-state index contributed by atoms with van der Waals surface area (Å²) in [6, 6.07) is 12.5. The Morgan fingerprint density at radius 3 is 2.27 bits per heavy atom. The van der Waals surface area contributed by atoms with E-state index in [1.807, 2.05) is 18.2 Å². The predicted molar refractivity (Wildman–Crippen MR) is 121 cm³/mol. The minimum absolute atomic E-state index is 0.132. The maximum absolute atomic E-state index is 12.9. The van der Waals surface area contributed by atoms with E-state index in [1.165, 1.54) is 5.56 Å². The van der Waals surface area contributed by atoms with Crippen molar-refractivity contribution < 1.29 is 27.8 Å². The first-order valence-electron chi connectivity index (χ1n) is 12.0. The summed E-state index contributed by atoms with van der Waals surface area (Å²) in [4.78, 5) is 13.6. The summed E-state index contributed by atoms with van der Waals surface area (Å²) in [6.07, 6.45) is -0.829. The Balaban J connectivity index is 1.41. The molecule has 4 nitrogen and oxygen atoms in total. The number of fused-ring (bicyclic) bond motifs is 1. The van der Waals surface area contributed by atoms with Crippen molar-refractivity contribution in [3.05, 3.63) is 42.0 Å². The number of carbonyl (C=O) groups is 1. The monoisotopic (exact) mass is 463 g/mol. The molecule has 4 rings (SSSR count). The van der Waals surface area contributed by atoms with E-state index in [-0.39, 0.29) is 30.9 Å². The van der Waals surface area contributed by atoms with E-state index in [0.29, 0.717) is 31.4 Å². The van der Waals surface area contributed by atoms with Crippen LogP contribution in [0.15, 0.2) is 36.4 Å². The molecule has 1 heterocycles. The van der Waals surface area contributed by atoms with Gasteiger partial charge in [0.1, 0.15) is 5.75 Å². The lowest BCUT2D eigenvalue weighted by atomic mass is 9.87. The second-order valence-corrected chi connectivity index (χ2v) is 9.47. The molecule has 7 heteroatoms. The molecule has 2 fully saturated rings. The summed E-state index contributed by atoms with van der Waals surface area (Å²) in [5, 5.41) is 11.4. The minimum Gasteiger partial charge on any atom is -0.490 e. The number of hydrogen-bond acceptors (Lipinski definition) is 3. The molecule has 0 radical (unpaired) electrons. The van der Waals surface area contributed by atoms with Crippen LogP contribution >= 0.6 is 0 Å². The molecule has 1 atom stereocenters. The molecule has 180 valence electrons. The smallest absolute Gasteiger partial charge is 0.391 e. The number of likely N-dealkylation sites (tertiary alicyclic amines) is 1. The van der Waals surface area contributed by atoms with Gasteiger partial charge in [0.2, 0.25) is 0 Å². The molecule has 1 unspecified atom stereocenters. The Kier molecular flexibility index (Phi) is 7.17. The van der Waals surface area contributed by atoms with E-state index < -0.39 is 18.1 Å². The van der Waals surface area contributed by atoms with Crippen molar-refractivity contribution in [1.29, 1.82) is 0 Å². The molecular formula is C26H32F3NO3. The maximum Gasteiger partial charge on any atom is 0.391 e. The molecular weight excluding hydrogens is 431 g/mol. The number of carboxylic acids is 1. The fraction of sp³-hybridized carbons (Fsp3) is 0.577. The van der Waals surface area contributed by atoms with Crippen LogP contribution in [-0.4, -0.2) is 41.3 Å². The van der Waals surface area contributed by atoms with Gasteiger partial charge in [-0.2, -0.15) is 13.2 Å².